The van der Waals surface area contributed by atoms with Crippen molar-refractivity contribution in [3.05, 3.63) is 70.5 Å². The lowest BCUT2D eigenvalue weighted by atomic mass is 10.2. The van der Waals surface area contributed by atoms with E-state index in [1.165, 1.54) is 43.5 Å². The average molecular weight is 349 g/mol. The lowest BCUT2D eigenvalue weighted by molar-refractivity contribution is -0.117. The third-order valence-electron chi connectivity index (χ3n) is 2.98. The Morgan fingerprint density at radius 2 is 1.96 bits per heavy atom. The molecule has 0 aromatic heterocycles. The number of hydrogen-bond acceptors (Lipinski definition) is 3. The van der Waals surface area contributed by atoms with Crippen molar-refractivity contribution in [3.63, 3.8) is 0 Å². The summed E-state index contributed by atoms with van der Waals surface area (Å²) in [6.07, 6.45) is 2.59. The van der Waals surface area contributed by atoms with Crippen LogP contribution < -0.4 is 15.6 Å². The fraction of sp³-hybridized carbons (Fsp3) is 0.0588. The Morgan fingerprint density at radius 1 is 1.17 bits per heavy atom. The van der Waals surface area contributed by atoms with Gasteiger partial charge >= 0.3 is 0 Å². The van der Waals surface area contributed by atoms with E-state index in [9.17, 15) is 14.0 Å². The zero-order valence-corrected chi connectivity index (χ0v) is 13.4. The molecule has 0 unspecified atom stereocenters. The maximum atomic E-state index is 13.0. The number of carbonyl (C=O) groups excluding carboxylic acids is 2. The first-order valence-corrected chi connectivity index (χ1v) is 7.25. The highest BCUT2D eigenvalue weighted by atomic mass is 35.5. The first-order valence-electron chi connectivity index (χ1n) is 6.87. The Kier molecular flexibility index (Phi) is 5.92. The Morgan fingerprint density at radius 3 is 2.67 bits per heavy atom. The molecule has 0 spiro atoms. The molecule has 124 valence electrons. The van der Waals surface area contributed by atoms with Gasteiger partial charge in [-0.3, -0.25) is 20.4 Å². The minimum Gasteiger partial charge on any atom is -0.496 e. The van der Waals surface area contributed by atoms with Crippen LogP contribution >= 0.6 is 11.6 Å². The van der Waals surface area contributed by atoms with Gasteiger partial charge in [0.2, 0.25) is 0 Å². The number of carbonyl (C=O) groups is 2. The van der Waals surface area contributed by atoms with E-state index in [0.29, 0.717) is 16.3 Å². The summed E-state index contributed by atoms with van der Waals surface area (Å²) in [7, 11) is 1.42. The number of benzene rings is 2. The van der Waals surface area contributed by atoms with Gasteiger partial charge in [0.25, 0.3) is 11.8 Å². The average Bonchev–Trinajstić information content (AvgIpc) is 2.58. The van der Waals surface area contributed by atoms with Crippen LogP contribution in [0.15, 0.2) is 48.5 Å². The van der Waals surface area contributed by atoms with Crippen LogP contribution in [0.5, 0.6) is 5.75 Å². The molecule has 0 aliphatic rings. The van der Waals surface area contributed by atoms with E-state index < -0.39 is 17.6 Å². The Balaban J connectivity index is 1.96. The van der Waals surface area contributed by atoms with Gasteiger partial charge in [-0.05, 0) is 42.0 Å². The second-order valence-corrected chi connectivity index (χ2v) is 5.11. The van der Waals surface area contributed by atoms with Gasteiger partial charge < -0.3 is 4.74 Å². The second kappa shape index (κ2) is 8.12. The number of ether oxygens (including phenoxy) is 1. The van der Waals surface area contributed by atoms with Crippen LogP contribution in [0, 0.1) is 5.82 Å². The Labute approximate surface area is 143 Å². The number of nitrogens with one attached hydrogen (secondary N) is 2. The van der Waals surface area contributed by atoms with Gasteiger partial charge in [-0.2, -0.15) is 0 Å². The highest BCUT2D eigenvalue weighted by Gasteiger charge is 2.13. The predicted molar refractivity (Wildman–Crippen MR) is 89.0 cm³/mol. The van der Waals surface area contributed by atoms with E-state index in [1.54, 1.807) is 18.2 Å². The third-order valence-corrected chi connectivity index (χ3v) is 3.22. The lowest BCUT2D eigenvalue weighted by Crippen LogP contribution is -2.40. The van der Waals surface area contributed by atoms with E-state index in [0.717, 1.165) is 0 Å². The molecule has 2 amide bonds. The molecule has 0 radical (unpaired) electrons. The molecule has 0 aliphatic heterocycles. The SMILES string of the molecule is COc1ccc(Cl)cc1C(=O)NNC(=O)C=Cc1cccc(F)c1. The summed E-state index contributed by atoms with van der Waals surface area (Å²) in [5, 5.41) is 0.360. The molecule has 2 rings (SSSR count). The predicted octanol–water partition coefficient (Wildman–Crippen LogP) is 2.96. The van der Waals surface area contributed by atoms with E-state index in [2.05, 4.69) is 10.9 Å². The summed E-state index contributed by atoms with van der Waals surface area (Å²) in [6.45, 7) is 0. The van der Waals surface area contributed by atoms with Crippen molar-refractivity contribution in [3.8, 4) is 5.75 Å². The molecule has 0 heterocycles. The topological polar surface area (TPSA) is 67.4 Å². The molecule has 24 heavy (non-hydrogen) atoms. The second-order valence-electron chi connectivity index (χ2n) is 4.68. The molecule has 2 aromatic rings. The van der Waals surface area contributed by atoms with Crippen molar-refractivity contribution < 1.29 is 18.7 Å². The third kappa shape index (κ3) is 4.82. The minimum absolute atomic E-state index is 0.180. The number of methoxy groups -OCH3 is 1. The molecule has 7 heteroatoms. The first-order chi connectivity index (χ1) is 11.5. The van der Waals surface area contributed by atoms with Crippen molar-refractivity contribution in [1.29, 1.82) is 0 Å². The Hall–Kier alpha value is -2.86. The maximum absolute atomic E-state index is 13.0. The van der Waals surface area contributed by atoms with E-state index in [4.69, 9.17) is 16.3 Å². The van der Waals surface area contributed by atoms with Gasteiger partial charge in [-0.15, -0.1) is 0 Å². The van der Waals surface area contributed by atoms with Crippen LogP contribution in [0.2, 0.25) is 5.02 Å². The van der Waals surface area contributed by atoms with Crippen LogP contribution in [0.1, 0.15) is 15.9 Å². The molecule has 0 fully saturated rings. The van der Waals surface area contributed by atoms with Crippen molar-refractivity contribution >= 4 is 29.5 Å². The van der Waals surface area contributed by atoms with Gasteiger partial charge in [0.15, 0.2) is 0 Å². The normalized spacial score (nSPS) is 10.5. The molecular formula is C17H14ClFN2O3. The van der Waals surface area contributed by atoms with Gasteiger partial charge in [-0.25, -0.2) is 4.39 Å². The first kappa shape index (κ1) is 17.5. The standard InChI is InChI=1S/C17H14ClFN2O3/c1-24-15-7-6-12(18)10-14(15)17(23)21-20-16(22)8-5-11-3-2-4-13(19)9-11/h2-10H,1H3,(H,20,22)(H,21,23). The van der Waals surface area contributed by atoms with Crippen molar-refractivity contribution in [1.82, 2.24) is 10.9 Å². The van der Waals surface area contributed by atoms with E-state index in [-0.39, 0.29) is 5.56 Å². The van der Waals surface area contributed by atoms with Crippen LogP contribution in [-0.4, -0.2) is 18.9 Å². The molecule has 0 bridgehead atoms. The van der Waals surface area contributed by atoms with Crippen LogP contribution in [0.25, 0.3) is 6.08 Å². The summed E-state index contributed by atoms with van der Waals surface area (Å²) in [6, 6.07) is 10.3. The van der Waals surface area contributed by atoms with Crippen LogP contribution in [0.3, 0.4) is 0 Å². The zero-order valence-electron chi connectivity index (χ0n) is 12.7. The highest BCUT2D eigenvalue weighted by molar-refractivity contribution is 6.31. The Bertz CT molecular complexity index is 793. The lowest BCUT2D eigenvalue weighted by Gasteiger charge is -2.09. The summed E-state index contributed by atoms with van der Waals surface area (Å²) in [4.78, 5) is 23.8. The molecule has 2 N–H and O–H groups in total. The monoisotopic (exact) mass is 348 g/mol. The smallest absolute Gasteiger partial charge is 0.273 e. The molecule has 0 aliphatic carbocycles. The number of halogens is 2. The van der Waals surface area contributed by atoms with Gasteiger partial charge in [0.05, 0.1) is 12.7 Å². The highest BCUT2D eigenvalue weighted by Crippen LogP contribution is 2.22. The van der Waals surface area contributed by atoms with Crippen molar-refractivity contribution in [2.75, 3.05) is 7.11 Å². The van der Waals surface area contributed by atoms with Crippen molar-refractivity contribution in [2.24, 2.45) is 0 Å². The quantitative estimate of drug-likeness (QED) is 0.659. The van der Waals surface area contributed by atoms with Crippen LogP contribution in [-0.2, 0) is 4.79 Å². The largest absolute Gasteiger partial charge is 0.496 e. The molecule has 0 saturated carbocycles. The number of hydrogen-bond donors (Lipinski definition) is 2. The number of hydrazine groups is 1. The summed E-state index contributed by atoms with van der Waals surface area (Å²) >= 11 is 5.85. The van der Waals surface area contributed by atoms with E-state index in [1.807, 2.05) is 0 Å². The number of amides is 2. The fourth-order valence-corrected chi connectivity index (χ4v) is 2.04. The van der Waals surface area contributed by atoms with Gasteiger partial charge in [0.1, 0.15) is 11.6 Å². The fourth-order valence-electron chi connectivity index (χ4n) is 1.87. The summed E-state index contributed by atoms with van der Waals surface area (Å²) in [5.41, 5.74) is 5.17. The van der Waals surface area contributed by atoms with Gasteiger partial charge in [-0.1, -0.05) is 23.7 Å². The summed E-state index contributed by atoms with van der Waals surface area (Å²) in [5.74, 6) is -1.24. The van der Waals surface area contributed by atoms with E-state index >= 15 is 0 Å². The van der Waals surface area contributed by atoms with Crippen molar-refractivity contribution in [2.45, 2.75) is 0 Å². The molecule has 5 nitrogen and oxygen atoms in total. The molecule has 0 saturated heterocycles. The van der Waals surface area contributed by atoms with Gasteiger partial charge in [0, 0.05) is 11.1 Å². The number of rotatable bonds is 4. The molecule has 0 atom stereocenters. The zero-order chi connectivity index (χ0) is 17.5. The summed E-state index contributed by atoms with van der Waals surface area (Å²) < 4.78 is 18.1. The molecular weight excluding hydrogens is 335 g/mol. The minimum atomic E-state index is -0.582. The maximum Gasteiger partial charge on any atom is 0.273 e. The molecule has 2 aromatic carbocycles. The van der Waals surface area contributed by atoms with Crippen LogP contribution in [0.4, 0.5) is 4.39 Å².